The van der Waals surface area contributed by atoms with E-state index in [0.29, 0.717) is 6.42 Å². The Balaban J connectivity index is 2.14. The third-order valence-electron chi connectivity index (χ3n) is 2.92. The molecule has 0 aliphatic heterocycles. The molecule has 5 nitrogen and oxygen atoms in total. The second kappa shape index (κ2) is 5.40. The van der Waals surface area contributed by atoms with Crippen LogP contribution in [-0.4, -0.2) is 28.3 Å². The van der Waals surface area contributed by atoms with Crippen LogP contribution >= 0.6 is 0 Å². The predicted octanol–water partition coefficient (Wildman–Crippen LogP) is 1.69. The van der Waals surface area contributed by atoms with Crippen LogP contribution in [0.5, 0.6) is 0 Å². The molecule has 1 unspecified atom stereocenters. The van der Waals surface area contributed by atoms with Gasteiger partial charge in [-0.05, 0) is 44.4 Å². The number of hydrogen-bond donors (Lipinski definition) is 2. The maximum Gasteiger partial charge on any atom is 0.323 e. The number of nitrogens with one attached hydrogen (secondary N) is 1. The minimum atomic E-state index is -0.633. The number of rotatable bonds is 4. The van der Waals surface area contributed by atoms with Gasteiger partial charge in [0.25, 0.3) is 0 Å². The molecule has 0 saturated carbocycles. The van der Waals surface area contributed by atoms with E-state index >= 15 is 0 Å². The van der Waals surface area contributed by atoms with E-state index in [1.54, 1.807) is 6.20 Å². The molecular formula is C14H19N3O2. The van der Waals surface area contributed by atoms with E-state index in [1.165, 1.54) is 0 Å². The average molecular weight is 261 g/mol. The standard InChI is InChI=1S/C14H19N3O2/c1-8(2)19-14(18)12(15)6-10-4-9(3)13-11(5-10)7-16-17-13/h4-5,7-8,12H,6,15H2,1-3H3,(H,16,17). The van der Waals surface area contributed by atoms with Crippen LogP contribution in [0.3, 0.4) is 0 Å². The van der Waals surface area contributed by atoms with Crippen LogP contribution in [0, 0.1) is 6.92 Å². The third kappa shape index (κ3) is 3.12. The lowest BCUT2D eigenvalue weighted by Crippen LogP contribution is -2.35. The Morgan fingerprint density at radius 1 is 1.47 bits per heavy atom. The van der Waals surface area contributed by atoms with Crippen LogP contribution in [0.2, 0.25) is 0 Å². The van der Waals surface area contributed by atoms with Crippen molar-refractivity contribution in [3.63, 3.8) is 0 Å². The number of aromatic amines is 1. The molecule has 19 heavy (non-hydrogen) atoms. The van der Waals surface area contributed by atoms with Gasteiger partial charge in [-0.25, -0.2) is 0 Å². The number of carbonyl (C=O) groups is 1. The molecule has 1 aromatic carbocycles. The van der Waals surface area contributed by atoms with E-state index in [2.05, 4.69) is 10.2 Å². The molecule has 0 bridgehead atoms. The fourth-order valence-electron chi connectivity index (χ4n) is 2.09. The minimum Gasteiger partial charge on any atom is -0.462 e. The molecule has 1 heterocycles. The topological polar surface area (TPSA) is 81.0 Å². The number of aryl methyl sites for hydroxylation is 1. The number of nitrogens with zero attached hydrogens (tertiary/aromatic N) is 1. The van der Waals surface area contributed by atoms with Crippen molar-refractivity contribution in [1.82, 2.24) is 10.2 Å². The van der Waals surface area contributed by atoms with Crippen LogP contribution in [0.25, 0.3) is 10.9 Å². The van der Waals surface area contributed by atoms with Gasteiger partial charge >= 0.3 is 5.97 Å². The summed E-state index contributed by atoms with van der Waals surface area (Å²) in [6.45, 7) is 5.63. The van der Waals surface area contributed by atoms with Crippen LogP contribution in [-0.2, 0) is 16.0 Å². The maximum absolute atomic E-state index is 11.7. The van der Waals surface area contributed by atoms with Crippen LogP contribution in [0.15, 0.2) is 18.3 Å². The molecule has 3 N–H and O–H groups in total. The molecule has 0 radical (unpaired) electrons. The molecule has 0 aliphatic rings. The first-order valence-electron chi connectivity index (χ1n) is 6.36. The molecule has 0 amide bonds. The van der Waals surface area contributed by atoms with E-state index in [1.807, 2.05) is 32.9 Å². The number of fused-ring (bicyclic) bond motifs is 1. The van der Waals surface area contributed by atoms with Crippen LogP contribution in [0.1, 0.15) is 25.0 Å². The molecule has 2 rings (SSSR count). The van der Waals surface area contributed by atoms with Gasteiger partial charge < -0.3 is 10.5 Å². The largest absolute Gasteiger partial charge is 0.462 e. The zero-order chi connectivity index (χ0) is 14.0. The van der Waals surface area contributed by atoms with Crippen LogP contribution in [0.4, 0.5) is 0 Å². The molecule has 0 fully saturated rings. The highest BCUT2D eigenvalue weighted by atomic mass is 16.5. The smallest absolute Gasteiger partial charge is 0.323 e. The van der Waals surface area contributed by atoms with Gasteiger partial charge in [0.2, 0.25) is 0 Å². The molecule has 1 atom stereocenters. The second-order valence-corrected chi connectivity index (χ2v) is 5.04. The summed E-state index contributed by atoms with van der Waals surface area (Å²) in [5.74, 6) is -0.361. The van der Waals surface area contributed by atoms with E-state index in [-0.39, 0.29) is 12.1 Å². The Kier molecular flexibility index (Phi) is 3.85. The summed E-state index contributed by atoms with van der Waals surface area (Å²) < 4.78 is 5.10. The van der Waals surface area contributed by atoms with Crippen LogP contribution < -0.4 is 5.73 Å². The van der Waals surface area contributed by atoms with Gasteiger partial charge in [0.05, 0.1) is 17.8 Å². The van der Waals surface area contributed by atoms with E-state index in [4.69, 9.17) is 10.5 Å². The fraction of sp³-hybridized carbons (Fsp3) is 0.429. The molecule has 0 aliphatic carbocycles. The lowest BCUT2D eigenvalue weighted by Gasteiger charge is -2.14. The zero-order valence-corrected chi connectivity index (χ0v) is 11.4. The molecule has 0 saturated heterocycles. The third-order valence-corrected chi connectivity index (χ3v) is 2.92. The Labute approximate surface area is 112 Å². The van der Waals surface area contributed by atoms with E-state index in [9.17, 15) is 4.79 Å². The first-order valence-corrected chi connectivity index (χ1v) is 6.36. The Morgan fingerprint density at radius 2 is 2.21 bits per heavy atom. The SMILES string of the molecule is Cc1cc(CC(N)C(=O)OC(C)C)cc2cn[nH]c12. The van der Waals surface area contributed by atoms with Crippen molar-refractivity contribution in [1.29, 1.82) is 0 Å². The number of esters is 1. The summed E-state index contributed by atoms with van der Waals surface area (Å²) in [7, 11) is 0. The molecule has 2 aromatic rings. The van der Waals surface area contributed by atoms with Crippen molar-refractivity contribution in [3.05, 3.63) is 29.5 Å². The van der Waals surface area contributed by atoms with Gasteiger partial charge in [-0.1, -0.05) is 6.07 Å². The molecule has 0 spiro atoms. The van der Waals surface area contributed by atoms with Gasteiger partial charge in [0.15, 0.2) is 0 Å². The van der Waals surface area contributed by atoms with Gasteiger partial charge in [0, 0.05) is 5.39 Å². The zero-order valence-electron chi connectivity index (χ0n) is 11.4. The van der Waals surface area contributed by atoms with Crippen molar-refractivity contribution in [2.45, 2.75) is 39.3 Å². The van der Waals surface area contributed by atoms with Gasteiger partial charge in [0.1, 0.15) is 6.04 Å². The number of aromatic nitrogens is 2. The summed E-state index contributed by atoms with van der Waals surface area (Å²) >= 11 is 0. The highest BCUT2D eigenvalue weighted by Gasteiger charge is 2.17. The normalized spacial score (nSPS) is 12.9. The molecule has 1 aromatic heterocycles. The summed E-state index contributed by atoms with van der Waals surface area (Å²) in [5, 5.41) is 7.98. The molecular weight excluding hydrogens is 242 g/mol. The summed E-state index contributed by atoms with van der Waals surface area (Å²) in [4.78, 5) is 11.7. The molecule has 5 heteroatoms. The summed E-state index contributed by atoms with van der Waals surface area (Å²) in [5.41, 5.74) is 8.99. The lowest BCUT2D eigenvalue weighted by atomic mass is 10.0. The highest BCUT2D eigenvalue weighted by Crippen LogP contribution is 2.19. The predicted molar refractivity (Wildman–Crippen MR) is 73.7 cm³/mol. The second-order valence-electron chi connectivity index (χ2n) is 5.04. The summed E-state index contributed by atoms with van der Waals surface area (Å²) in [6, 6.07) is 3.38. The number of benzene rings is 1. The Hall–Kier alpha value is -1.88. The van der Waals surface area contributed by atoms with Crippen molar-refractivity contribution < 1.29 is 9.53 Å². The minimum absolute atomic E-state index is 0.142. The highest BCUT2D eigenvalue weighted by molar-refractivity contribution is 5.82. The maximum atomic E-state index is 11.7. The first-order chi connectivity index (χ1) is 8.97. The number of carbonyl (C=O) groups excluding carboxylic acids is 1. The number of hydrogen-bond acceptors (Lipinski definition) is 4. The Bertz CT molecular complexity index is 589. The summed E-state index contributed by atoms with van der Waals surface area (Å²) in [6.07, 6.45) is 2.09. The van der Waals surface area contributed by atoms with Crippen molar-refractivity contribution in [2.75, 3.05) is 0 Å². The van der Waals surface area contributed by atoms with Gasteiger partial charge in [-0.15, -0.1) is 0 Å². The monoisotopic (exact) mass is 261 g/mol. The molecule has 102 valence electrons. The van der Waals surface area contributed by atoms with Crippen molar-refractivity contribution >= 4 is 16.9 Å². The van der Waals surface area contributed by atoms with Crippen molar-refractivity contribution in [2.24, 2.45) is 5.73 Å². The van der Waals surface area contributed by atoms with Gasteiger partial charge in [-0.3, -0.25) is 9.89 Å². The number of ether oxygens (including phenoxy) is 1. The first kappa shape index (κ1) is 13.5. The van der Waals surface area contributed by atoms with E-state index < -0.39 is 6.04 Å². The lowest BCUT2D eigenvalue weighted by molar-refractivity contribution is -0.148. The Morgan fingerprint density at radius 3 is 2.89 bits per heavy atom. The number of nitrogens with two attached hydrogens (primary N) is 1. The average Bonchev–Trinajstić information content (AvgIpc) is 2.76. The van der Waals surface area contributed by atoms with Crippen molar-refractivity contribution in [3.8, 4) is 0 Å². The fourth-order valence-corrected chi connectivity index (χ4v) is 2.09. The van der Waals surface area contributed by atoms with E-state index in [0.717, 1.165) is 22.0 Å². The van der Waals surface area contributed by atoms with Gasteiger partial charge in [-0.2, -0.15) is 5.10 Å². The number of H-pyrrole nitrogens is 1. The quantitative estimate of drug-likeness (QED) is 0.821.